The van der Waals surface area contributed by atoms with Gasteiger partial charge in [0.15, 0.2) is 11.5 Å². The molecule has 0 saturated carbocycles. The second-order valence-electron chi connectivity index (χ2n) is 6.97. The number of halogens is 2. The van der Waals surface area contributed by atoms with E-state index in [4.69, 9.17) is 37.4 Å². The molecule has 2 aromatic carbocycles. The molecule has 0 amide bonds. The second kappa shape index (κ2) is 10.3. The summed E-state index contributed by atoms with van der Waals surface area (Å²) in [6, 6.07) is 8.18. The Labute approximate surface area is 185 Å². The SMILES string of the molecule is COCC[NH+](CCOC)Cc1c(O)ccc2c1O/C(=C\c1ccc(Cl)c(Cl)c1)C2=O. The van der Waals surface area contributed by atoms with E-state index in [9.17, 15) is 9.90 Å². The summed E-state index contributed by atoms with van der Waals surface area (Å²) in [5.41, 5.74) is 1.70. The van der Waals surface area contributed by atoms with Gasteiger partial charge in [-0.05, 0) is 35.9 Å². The van der Waals surface area contributed by atoms with Crippen LogP contribution < -0.4 is 9.64 Å². The van der Waals surface area contributed by atoms with E-state index in [1.807, 2.05) is 0 Å². The first-order valence-corrected chi connectivity index (χ1v) is 10.3. The Morgan fingerprint density at radius 2 is 1.77 bits per heavy atom. The fraction of sp³-hybridized carbons (Fsp3) is 0.318. The van der Waals surface area contributed by atoms with Gasteiger partial charge in [-0.2, -0.15) is 0 Å². The van der Waals surface area contributed by atoms with E-state index in [2.05, 4.69) is 0 Å². The van der Waals surface area contributed by atoms with Crippen LogP contribution in [-0.4, -0.2) is 51.4 Å². The summed E-state index contributed by atoms with van der Waals surface area (Å²) in [6.45, 7) is 3.05. The number of allylic oxidation sites excluding steroid dienone is 1. The molecule has 30 heavy (non-hydrogen) atoms. The number of hydrogen-bond acceptors (Lipinski definition) is 5. The summed E-state index contributed by atoms with van der Waals surface area (Å²) in [5, 5.41) is 11.3. The fourth-order valence-electron chi connectivity index (χ4n) is 3.27. The second-order valence-corrected chi connectivity index (χ2v) is 7.78. The number of rotatable bonds is 9. The molecule has 0 unspecified atom stereocenters. The van der Waals surface area contributed by atoms with Crippen molar-refractivity contribution in [2.45, 2.75) is 6.54 Å². The van der Waals surface area contributed by atoms with E-state index in [0.29, 0.717) is 52.2 Å². The van der Waals surface area contributed by atoms with E-state index in [1.54, 1.807) is 44.6 Å². The number of phenolic OH excluding ortho intramolecular Hbond substituents is 1. The molecule has 3 rings (SSSR count). The van der Waals surface area contributed by atoms with Gasteiger partial charge in [-0.25, -0.2) is 0 Å². The number of nitrogens with one attached hydrogen (secondary N) is 1. The molecular formula is C22H24Cl2NO5+. The number of aromatic hydroxyl groups is 1. The first-order valence-electron chi connectivity index (χ1n) is 9.50. The number of ether oxygens (including phenoxy) is 3. The summed E-state index contributed by atoms with van der Waals surface area (Å²) in [4.78, 5) is 14.0. The minimum Gasteiger partial charge on any atom is -0.507 e. The molecule has 0 aromatic heterocycles. The predicted octanol–water partition coefficient (Wildman–Crippen LogP) is 2.99. The molecule has 0 aliphatic carbocycles. The van der Waals surface area contributed by atoms with Gasteiger partial charge in [0, 0.05) is 14.2 Å². The maximum absolute atomic E-state index is 12.9. The van der Waals surface area contributed by atoms with Gasteiger partial charge in [0.25, 0.3) is 0 Å². The number of methoxy groups -OCH3 is 2. The predicted molar refractivity (Wildman–Crippen MR) is 116 cm³/mol. The van der Waals surface area contributed by atoms with Gasteiger partial charge in [0.05, 0.1) is 34.4 Å². The maximum atomic E-state index is 12.9. The third-order valence-electron chi connectivity index (χ3n) is 4.90. The first kappa shape index (κ1) is 22.6. The van der Waals surface area contributed by atoms with Crippen molar-refractivity contribution in [3.05, 3.63) is 62.8 Å². The van der Waals surface area contributed by atoms with Crippen LogP contribution in [0.4, 0.5) is 0 Å². The van der Waals surface area contributed by atoms with Crippen LogP contribution in [0.5, 0.6) is 11.5 Å². The van der Waals surface area contributed by atoms with Crippen LogP contribution >= 0.6 is 23.2 Å². The topological polar surface area (TPSA) is 69.4 Å². The number of carbonyl (C=O) groups excluding carboxylic acids is 1. The minimum absolute atomic E-state index is 0.0877. The molecule has 6 nitrogen and oxygen atoms in total. The Kier molecular flexibility index (Phi) is 7.75. The number of Topliss-reactive ketones (excluding diaryl/α,β-unsaturated/α-hetero) is 1. The van der Waals surface area contributed by atoms with Crippen LogP contribution in [0.1, 0.15) is 21.5 Å². The summed E-state index contributed by atoms with van der Waals surface area (Å²) in [6.07, 6.45) is 1.62. The van der Waals surface area contributed by atoms with Gasteiger partial charge in [-0.15, -0.1) is 0 Å². The van der Waals surface area contributed by atoms with Crippen molar-refractivity contribution in [2.24, 2.45) is 0 Å². The maximum Gasteiger partial charge on any atom is 0.231 e. The van der Waals surface area contributed by atoms with Crippen molar-refractivity contribution < 1.29 is 29.0 Å². The summed E-state index contributed by atoms with van der Waals surface area (Å²) >= 11 is 12.0. The Bertz CT molecular complexity index is 953. The molecule has 0 bridgehead atoms. The zero-order valence-electron chi connectivity index (χ0n) is 16.8. The van der Waals surface area contributed by atoms with Gasteiger partial charge >= 0.3 is 0 Å². The summed E-state index contributed by atoms with van der Waals surface area (Å²) in [7, 11) is 3.29. The van der Waals surface area contributed by atoms with Crippen molar-refractivity contribution >= 4 is 35.1 Å². The zero-order valence-corrected chi connectivity index (χ0v) is 18.3. The molecule has 2 N–H and O–H groups in total. The van der Waals surface area contributed by atoms with E-state index < -0.39 is 0 Å². The lowest BCUT2D eigenvalue weighted by molar-refractivity contribution is -0.914. The summed E-state index contributed by atoms with van der Waals surface area (Å²) in [5.74, 6) is 0.404. The molecule has 1 aliphatic rings. The van der Waals surface area contributed by atoms with Crippen LogP contribution in [-0.2, 0) is 16.0 Å². The average molecular weight is 453 g/mol. The lowest BCUT2D eigenvalue weighted by Crippen LogP contribution is -3.11. The highest BCUT2D eigenvalue weighted by molar-refractivity contribution is 6.42. The number of hydrogen-bond donors (Lipinski definition) is 2. The number of carbonyl (C=O) groups is 1. The van der Waals surface area contributed by atoms with Crippen molar-refractivity contribution in [1.82, 2.24) is 0 Å². The van der Waals surface area contributed by atoms with E-state index >= 15 is 0 Å². The van der Waals surface area contributed by atoms with Gasteiger partial charge < -0.3 is 24.2 Å². The van der Waals surface area contributed by atoms with Crippen molar-refractivity contribution in [2.75, 3.05) is 40.5 Å². The number of benzene rings is 2. The number of phenols is 1. The van der Waals surface area contributed by atoms with E-state index in [1.165, 1.54) is 6.07 Å². The van der Waals surface area contributed by atoms with Crippen molar-refractivity contribution in [3.8, 4) is 11.5 Å². The zero-order chi connectivity index (χ0) is 21.7. The van der Waals surface area contributed by atoms with Crippen LogP contribution in [0.25, 0.3) is 6.08 Å². The van der Waals surface area contributed by atoms with Gasteiger partial charge in [0.2, 0.25) is 5.78 Å². The molecule has 1 aliphatic heterocycles. The largest absolute Gasteiger partial charge is 0.507 e. The minimum atomic E-state index is -0.243. The Morgan fingerprint density at radius 3 is 2.40 bits per heavy atom. The Morgan fingerprint density at radius 1 is 1.07 bits per heavy atom. The average Bonchev–Trinajstić information content (AvgIpc) is 3.04. The molecule has 0 atom stereocenters. The first-order chi connectivity index (χ1) is 14.4. The number of quaternary nitrogens is 1. The molecule has 0 spiro atoms. The fourth-order valence-corrected chi connectivity index (χ4v) is 3.57. The third kappa shape index (κ3) is 5.14. The normalized spacial score (nSPS) is 14.4. The number of fused-ring (bicyclic) bond motifs is 1. The number of ketones is 1. The molecule has 0 saturated heterocycles. The van der Waals surface area contributed by atoms with Crippen molar-refractivity contribution in [1.29, 1.82) is 0 Å². The lowest BCUT2D eigenvalue weighted by Gasteiger charge is -2.20. The quantitative estimate of drug-likeness (QED) is 0.572. The molecule has 0 fully saturated rings. The van der Waals surface area contributed by atoms with Crippen LogP contribution in [0.3, 0.4) is 0 Å². The van der Waals surface area contributed by atoms with Gasteiger partial charge in [0.1, 0.15) is 25.4 Å². The smallest absolute Gasteiger partial charge is 0.231 e. The van der Waals surface area contributed by atoms with Crippen molar-refractivity contribution in [3.63, 3.8) is 0 Å². The Balaban J connectivity index is 1.89. The highest BCUT2D eigenvalue weighted by atomic mass is 35.5. The highest BCUT2D eigenvalue weighted by Gasteiger charge is 2.32. The van der Waals surface area contributed by atoms with Crippen LogP contribution in [0.15, 0.2) is 36.1 Å². The highest BCUT2D eigenvalue weighted by Crippen LogP contribution is 2.39. The van der Waals surface area contributed by atoms with Crippen LogP contribution in [0, 0.1) is 0 Å². The summed E-state index contributed by atoms with van der Waals surface area (Å²) < 4.78 is 16.3. The van der Waals surface area contributed by atoms with E-state index in [0.717, 1.165) is 18.0 Å². The van der Waals surface area contributed by atoms with E-state index in [-0.39, 0.29) is 17.3 Å². The monoisotopic (exact) mass is 452 g/mol. The van der Waals surface area contributed by atoms with Gasteiger partial charge in [-0.3, -0.25) is 4.79 Å². The Hall–Kier alpha value is -2.09. The lowest BCUT2D eigenvalue weighted by atomic mass is 10.0. The van der Waals surface area contributed by atoms with Crippen LogP contribution in [0.2, 0.25) is 10.0 Å². The third-order valence-corrected chi connectivity index (χ3v) is 5.64. The van der Waals surface area contributed by atoms with Gasteiger partial charge in [-0.1, -0.05) is 29.3 Å². The molecular weight excluding hydrogens is 429 g/mol. The molecule has 2 aromatic rings. The molecule has 1 heterocycles. The molecule has 0 radical (unpaired) electrons. The molecule has 160 valence electrons. The standard InChI is InChI=1S/C22H23Cl2NO5/c1-28-9-7-25(8-10-29-2)13-16-19(26)6-4-15-21(27)20(30-22(15)16)12-14-3-5-17(23)18(24)11-14/h3-6,11-12,26H,7-10,13H2,1-2H3/p+1/b20-12-. The molecule has 8 heteroatoms.